The van der Waals surface area contributed by atoms with Crippen LogP contribution in [0.15, 0.2) is 23.3 Å². The van der Waals surface area contributed by atoms with Gasteiger partial charge in [-0.2, -0.15) is 11.8 Å². The highest BCUT2D eigenvalue weighted by atomic mass is 32.2. The van der Waals surface area contributed by atoms with Gasteiger partial charge in [0.2, 0.25) is 0 Å². The number of hydrogen-bond acceptors (Lipinski definition) is 4. The Bertz CT molecular complexity index is 434. The molecule has 21 heavy (non-hydrogen) atoms. The molecule has 1 rings (SSSR count). The molecule has 2 N–H and O–H groups in total. The van der Waals surface area contributed by atoms with Crippen molar-refractivity contribution in [3.05, 3.63) is 23.9 Å². The van der Waals surface area contributed by atoms with E-state index < -0.39 is 0 Å². The van der Waals surface area contributed by atoms with E-state index in [9.17, 15) is 0 Å². The Balaban J connectivity index is 2.42. The van der Waals surface area contributed by atoms with Crippen LogP contribution in [-0.2, 0) is 6.54 Å². The summed E-state index contributed by atoms with van der Waals surface area (Å²) in [7, 11) is 5.81. The molecule has 0 radical (unpaired) electrons. The molecule has 0 spiro atoms. The maximum atomic E-state index is 4.40. The van der Waals surface area contributed by atoms with E-state index in [2.05, 4.69) is 32.9 Å². The van der Waals surface area contributed by atoms with Crippen molar-refractivity contribution in [2.45, 2.75) is 19.4 Å². The zero-order valence-corrected chi connectivity index (χ0v) is 14.3. The van der Waals surface area contributed by atoms with Crippen LogP contribution in [0.5, 0.6) is 0 Å². The Morgan fingerprint density at radius 3 is 2.81 bits per heavy atom. The number of guanidine groups is 1. The molecule has 5 nitrogen and oxygen atoms in total. The maximum Gasteiger partial charge on any atom is 0.191 e. The maximum absolute atomic E-state index is 4.40. The summed E-state index contributed by atoms with van der Waals surface area (Å²) in [5.41, 5.74) is 1.16. The smallest absolute Gasteiger partial charge is 0.191 e. The van der Waals surface area contributed by atoms with Gasteiger partial charge in [0.1, 0.15) is 5.82 Å². The van der Waals surface area contributed by atoms with E-state index >= 15 is 0 Å². The fourth-order valence-corrected chi connectivity index (χ4v) is 2.44. The fourth-order valence-electron chi connectivity index (χ4n) is 1.95. The molecule has 0 bridgehead atoms. The number of thioether (sulfide) groups is 1. The highest BCUT2D eigenvalue weighted by molar-refractivity contribution is 7.98. The first-order valence-corrected chi connectivity index (χ1v) is 8.63. The molecular weight excluding hydrogens is 282 g/mol. The van der Waals surface area contributed by atoms with Crippen molar-refractivity contribution in [2.24, 2.45) is 4.99 Å². The van der Waals surface area contributed by atoms with Gasteiger partial charge < -0.3 is 15.5 Å². The van der Waals surface area contributed by atoms with Gasteiger partial charge in [-0.05, 0) is 30.9 Å². The predicted octanol–water partition coefficient (Wildman–Crippen LogP) is 1.96. The van der Waals surface area contributed by atoms with Crippen molar-refractivity contribution in [1.29, 1.82) is 0 Å². The zero-order valence-electron chi connectivity index (χ0n) is 13.5. The molecule has 0 saturated carbocycles. The molecule has 0 aromatic carbocycles. The first-order valence-electron chi connectivity index (χ1n) is 7.23. The number of nitrogens with zero attached hydrogens (tertiary/aromatic N) is 3. The molecule has 0 fully saturated rings. The minimum absolute atomic E-state index is 0.714. The predicted molar refractivity (Wildman–Crippen MR) is 94.4 cm³/mol. The van der Waals surface area contributed by atoms with Crippen molar-refractivity contribution < 1.29 is 0 Å². The molecule has 6 heteroatoms. The lowest BCUT2D eigenvalue weighted by Crippen LogP contribution is -2.37. The number of pyridine rings is 1. The van der Waals surface area contributed by atoms with Gasteiger partial charge in [-0.1, -0.05) is 6.07 Å². The molecule has 0 aliphatic heterocycles. The summed E-state index contributed by atoms with van der Waals surface area (Å²) in [4.78, 5) is 10.7. The average molecular weight is 309 g/mol. The van der Waals surface area contributed by atoms with Crippen LogP contribution in [-0.4, -0.2) is 50.6 Å². The normalized spacial score (nSPS) is 11.3. The van der Waals surface area contributed by atoms with Gasteiger partial charge >= 0.3 is 0 Å². The summed E-state index contributed by atoms with van der Waals surface area (Å²) in [6.07, 6.45) is 6.36. The van der Waals surface area contributed by atoms with Gasteiger partial charge in [0.15, 0.2) is 5.96 Å². The van der Waals surface area contributed by atoms with Gasteiger partial charge in [0.05, 0.1) is 0 Å². The number of hydrogen-bond donors (Lipinski definition) is 2. The standard InChI is InChI=1S/C15H27N5S/c1-16-15(18-9-5-6-11-21-4)19-12-13-8-7-10-17-14(13)20(2)3/h7-8,10H,5-6,9,11-12H2,1-4H3,(H2,16,18,19). The van der Waals surface area contributed by atoms with Crippen molar-refractivity contribution in [3.63, 3.8) is 0 Å². The quantitative estimate of drug-likeness (QED) is 0.437. The second-order valence-corrected chi connectivity index (χ2v) is 5.92. The summed E-state index contributed by atoms with van der Waals surface area (Å²) >= 11 is 1.89. The fraction of sp³-hybridized carbons (Fsp3) is 0.600. The summed E-state index contributed by atoms with van der Waals surface area (Å²) in [5, 5.41) is 6.68. The van der Waals surface area contributed by atoms with E-state index in [1.807, 2.05) is 43.0 Å². The van der Waals surface area contributed by atoms with Crippen molar-refractivity contribution in [2.75, 3.05) is 44.6 Å². The van der Waals surface area contributed by atoms with E-state index in [0.717, 1.165) is 30.3 Å². The second kappa shape index (κ2) is 10.3. The van der Waals surface area contributed by atoms with Crippen LogP contribution in [0.25, 0.3) is 0 Å². The summed E-state index contributed by atoms with van der Waals surface area (Å²) in [6.45, 7) is 1.67. The van der Waals surface area contributed by atoms with Crippen molar-refractivity contribution in [3.8, 4) is 0 Å². The Hall–Kier alpha value is -1.43. The third kappa shape index (κ3) is 6.71. The molecular formula is C15H27N5S. The number of unbranched alkanes of at least 4 members (excludes halogenated alkanes) is 1. The largest absolute Gasteiger partial charge is 0.362 e. The van der Waals surface area contributed by atoms with Gasteiger partial charge in [0, 0.05) is 46.0 Å². The SMILES string of the molecule is CN=C(NCCCCSC)NCc1cccnc1N(C)C. The van der Waals surface area contributed by atoms with Crippen LogP contribution in [0.3, 0.4) is 0 Å². The number of rotatable bonds is 8. The Labute approximate surface area is 132 Å². The number of nitrogens with one attached hydrogen (secondary N) is 2. The van der Waals surface area contributed by atoms with E-state index in [4.69, 9.17) is 0 Å². The Kier molecular flexibility index (Phi) is 8.66. The van der Waals surface area contributed by atoms with Gasteiger partial charge in [0.25, 0.3) is 0 Å². The molecule has 0 atom stereocenters. The second-order valence-electron chi connectivity index (χ2n) is 4.93. The zero-order chi connectivity index (χ0) is 15.5. The molecule has 1 aromatic rings. The first-order chi connectivity index (χ1) is 10.2. The molecule has 0 unspecified atom stereocenters. The molecule has 118 valence electrons. The van der Waals surface area contributed by atoms with Crippen molar-refractivity contribution >= 4 is 23.5 Å². The summed E-state index contributed by atoms with van der Waals surface area (Å²) < 4.78 is 0. The van der Waals surface area contributed by atoms with Crippen LogP contribution >= 0.6 is 11.8 Å². The molecule has 1 heterocycles. The number of anilines is 1. The first kappa shape index (κ1) is 17.6. The highest BCUT2D eigenvalue weighted by Gasteiger charge is 2.05. The molecule has 1 aromatic heterocycles. The minimum Gasteiger partial charge on any atom is -0.362 e. The van der Waals surface area contributed by atoms with Crippen LogP contribution < -0.4 is 15.5 Å². The van der Waals surface area contributed by atoms with Crippen LogP contribution in [0.1, 0.15) is 18.4 Å². The number of aliphatic imine (C=N–C) groups is 1. The molecule has 0 aliphatic rings. The van der Waals surface area contributed by atoms with Crippen LogP contribution in [0, 0.1) is 0 Å². The average Bonchev–Trinajstić information content (AvgIpc) is 2.50. The van der Waals surface area contributed by atoms with Gasteiger partial charge in [-0.3, -0.25) is 4.99 Å². The van der Waals surface area contributed by atoms with E-state index in [-0.39, 0.29) is 0 Å². The van der Waals surface area contributed by atoms with E-state index in [0.29, 0.717) is 6.54 Å². The monoisotopic (exact) mass is 309 g/mol. The summed E-state index contributed by atoms with van der Waals surface area (Å²) in [6, 6.07) is 4.05. The minimum atomic E-state index is 0.714. The lowest BCUT2D eigenvalue weighted by atomic mass is 10.2. The van der Waals surface area contributed by atoms with Gasteiger partial charge in [-0.25, -0.2) is 4.98 Å². The highest BCUT2D eigenvalue weighted by Crippen LogP contribution is 2.13. The Morgan fingerprint density at radius 1 is 1.33 bits per heavy atom. The molecule has 0 aliphatic carbocycles. The van der Waals surface area contributed by atoms with E-state index in [1.165, 1.54) is 12.2 Å². The third-order valence-corrected chi connectivity index (χ3v) is 3.73. The van der Waals surface area contributed by atoms with Crippen LogP contribution in [0.4, 0.5) is 5.82 Å². The lowest BCUT2D eigenvalue weighted by Gasteiger charge is -2.17. The third-order valence-electron chi connectivity index (χ3n) is 3.03. The molecule has 0 saturated heterocycles. The Morgan fingerprint density at radius 2 is 2.14 bits per heavy atom. The topological polar surface area (TPSA) is 52.6 Å². The van der Waals surface area contributed by atoms with Gasteiger partial charge in [-0.15, -0.1) is 0 Å². The van der Waals surface area contributed by atoms with Crippen molar-refractivity contribution in [1.82, 2.24) is 15.6 Å². The lowest BCUT2D eigenvalue weighted by molar-refractivity contribution is 0.732. The summed E-state index contributed by atoms with van der Waals surface area (Å²) in [5.74, 6) is 3.04. The number of aromatic nitrogens is 1. The van der Waals surface area contributed by atoms with E-state index in [1.54, 1.807) is 7.05 Å². The van der Waals surface area contributed by atoms with Crippen LogP contribution in [0.2, 0.25) is 0 Å². The molecule has 0 amide bonds.